The van der Waals surface area contributed by atoms with Crippen LogP contribution in [-0.4, -0.2) is 17.0 Å². The molecule has 0 atom stereocenters. The number of imidazole rings is 1. The first-order chi connectivity index (χ1) is 4.93. The number of hydrogen-bond donors (Lipinski definition) is 1. The van der Waals surface area contributed by atoms with Crippen molar-refractivity contribution in [2.75, 3.05) is 5.75 Å². The fourth-order valence-corrected chi connectivity index (χ4v) is 1.26. The quantitative estimate of drug-likeness (QED) is 0.390. The highest BCUT2D eigenvalue weighted by Gasteiger charge is 1.95. The van der Waals surface area contributed by atoms with Gasteiger partial charge in [-0.1, -0.05) is 0 Å². The number of nitrogens with one attached hydrogen (secondary N) is 1. The second-order valence-corrected chi connectivity index (χ2v) is 2.85. The lowest BCUT2D eigenvalue weighted by atomic mass is 10.6. The number of aldehydes is 1. The van der Waals surface area contributed by atoms with Crippen molar-refractivity contribution < 1.29 is 8.77 Å². The van der Waals surface area contributed by atoms with Gasteiger partial charge in [-0.2, -0.15) is 3.97 Å². The molecule has 0 aliphatic heterocycles. The van der Waals surface area contributed by atoms with Gasteiger partial charge in [-0.25, -0.2) is 4.98 Å². The Balaban J connectivity index is 2.21. The average Bonchev–Trinajstić information content (AvgIpc) is 2.41. The van der Waals surface area contributed by atoms with Gasteiger partial charge in [0.2, 0.25) is 0 Å². The van der Waals surface area contributed by atoms with Crippen molar-refractivity contribution in [2.45, 2.75) is 6.42 Å². The van der Waals surface area contributed by atoms with Gasteiger partial charge >= 0.3 is 0 Å². The highest BCUT2D eigenvalue weighted by Crippen LogP contribution is 1.92. The van der Waals surface area contributed by atoms with E-state index in [1.54, 1.807) is 11.9 Å². The van der Waals surface area contributed by atoms with Crippen molar-refractivity contribution in [3.05, 3.63) is 18.7 Å². The summed E-state index contributed by atoms with van der Waals surface area (Å²) in [5, 5.41) is 0. The van der Waals surface area contributed by atoms with Gasteiger partial charge in [0.1, 0.15) is 18.7 Å². The van der Waals surface area contributed by atoms with Crippen LogP contribution in [0.4, 0.5) is 0 Å². The molecule has 0 saturated heterocycles. The summed E-state index contributed by atoms with van der Waals surface area (Å²) in [6, 6.07) is 0. The second-order valence-electron chi connectivity index (χ2n) is 1.76. The minimum Gasteiger partial charge on any atom is -0.303 e. The minimum absolute atomic E-state index is 0.614. The van der Waals surface area contributed by atoms with Gasteiger partial charge in [0, 0.05) is 12.2 Å². The lowest BCUT2D eigenvalue weighted by molar-refractivity contribution is -0.492. The predicted molar refractivity (Wildman–Crippen MR) is 39.5 cm³/mol. The molecule has 1 rings (SSSR count). The van der Waals surface area contributed by atoms with Gasteiger partial charge in [-0.05, 0) is 0 Å². The summed E-state index contributed by atoms with van der Waals surface area (Å²) in [6.45, 7) is 0. The number of carbonyl (C=O) groups excluding carboxylic acids is 1. The second kappa shape index (κ2) is 4.11. The highest BCUT2D eigenvalue weighted by molar-refractivity contribution is 7.92. The fraction of sp³-hybridized carbons (Fsp3) is 0.333. The van der Waals surface area contributed by atoms with Crippen LogP contribution in [0.25, 0.3) is 0 Å². The molecule has 0 aliphatic rings. The topological polar surface area (TPSA) is 36.7 Å². The molecule has 54 valence electrons. The molecule has 4 heteroatoms. The zero-order chi connectivity index (χ0) is 7.23. The van der Waals surface area contributed by atoms with E-state index in [9.17, 15) is 4.79 Å². The molecule has 3 nitrogen and oxygen atoms in total. The summed E-state index contributed by atoms with van der Waals surface area (Å²) in [4.78, 5) is 12.8. The third kappa shape index (κ3) is 2.23. The maximum absolute atomic E-state index is 9.90. The number of carbonyl (C=O) groups is 1. The van der Waals surface area contributed by atoms with E-state index in [0.717, 1.165) is 12.0 Å². The number of rotatable bonds is 4. The maximum atomic E-state index is 9.90. The first-order valence-electron chi connectivity index (χ1n) is 3.04. The van der Waals surface area contributed by atoms with Crippen LogP contribution in [0.3, 0.4) is 0 Å². The smallest absolute Gasteiger partial charge is 0.253 e. The number of nitrogens with zero attached hydrogens (tertiary/aromatic N) is 1. The van der Waals surface area contributed by atoms with Crippen molar-refractivity contribution in [3.8, 4) is 0 Å². The van der Waals surface area contributed by atoms with E-state index < -0.39 is 0 Å². The molecule has 0 aromatic carbocycles. The molecule has 0 radical (unpaired) electrons. The SMILES string of the molecule is O=CCCS[n+]1cc[nH]c1. The van der Waals surface area contributed by atoms with Gasteiger partial charge < -0.3 is 4.79 Å². The molecule has 0 unspecified atom stereocenters. The Morgan fingerprint density at radius 3 is 3.20 bits per heavy atom. The molecule has 0 aliphatic carbocycles. The highest BCUT2D eigenvalue weighted by atomic mass is 32.2. The van der Waals surface area contributed by atoms with Crippen LogP contribution in [0.1, 0.15) is 6.42 Å². The zero-order valence-electron chi connectivity index (χ0n) is 5.49. The van der Waals surface area contributed by atoms with Gasteiger partial charge in [-0.3, -0.25) is 0 Å². The molecule has 0 bridgehead atoms. The van der Waals surface area contributed by atoms with Crippen molar-refractivity contribution in [1.29, 1.82) is 0 Å². The summed E-state index contributed by atoms with van der Waals surface area (Å²) in [5.41, 5.74) is 0. The van der Waals surface area contributed by atoms with Crippen molar-refractivity contribution >= 4 is 18.2 Å². The molecule has 0 amide bonds. The van der Waals surface area contributed by atoms with E-state index in [4.69, 9.17) is 0 Å². The van der Waals surface area contributed by atoms with E-state index in [2.05, 4.69) is 4.98 Å². The van der Waals surface area contributed by atoms with E-state index >= 15 is 0 Å². The van der Waals surface area contributed by atoms with Gasteiger partial charge in [0.25, 0.3) is 6.33 Å². The zero-order valence-corrected chi connectivity index (χ0v) is 6.30. The number of aromatic amines is 1. The van der Waals surface area contributed by atoms with Crippen molar-refractivity contribution in [1.82, 2.24) is 4.98 Å². The summed E-state index contributed by atoms with van der Waals surface area (Å²) in [7, 11) is 0. The molecule has 1 heterocycles. The van der Waals surface area contributed by atoms with Gasteiger partial charge in [0.05, 0.1) is 11.9 Å². The summed E-state index contributed by atoms with van der Waals surface area (Å²) >= 11 is 1.61. The fourth-order valence-electron chi connectivity index (χ4n) is 0.563. The third-order valence-electron chi connectivity index (χ3n) is 0.996. The van der Waals surface area contributed by atoms with Gasteiger partial charge in [0.15, 0.2) is 0 Å². The third-order valence-corrected chi connectivity index (χ3v) is 1.94. The molecule has 0 fully saturated rings. The maximum Gasteiger partial charge on any atom is 0.253 e. The Kier molecular flexibility index (Phi) is 3.02. The summed E-state index contributed by atoms with van der Waals surface area (Å²) in [6.07, 6.45) is 7.14. The molecule has 0 saturated carbocycles. The van der Waals surface area contributed by atoms with E-state index in [-0.39, 0.29) is 0 Å². The van der Waals surface area contributed by atoms with E-state index in [1.165, 1.54) is 0 Å². The first-order valence-corrected chi connectivity index (χ1v) is 3.98. The molecule has 1 N–H and O–H groups in total. The van der Waals surface area contributed by atoms with E-state index in [0.29, 0.717) is 6.42 Å². The molecule has 1 aromatic heterocycles. The normalized spacial score (nSPS) is 9.60. The lowest BCUT2D eigenvalue weighted by Gasteiger charge is -1.87. The van der Waals surface area contributed by atoms with Crippen LogP contribution >= 0.6 is 11.9 Å². The molecule has 0 spiro atoms. The number of hydrogen-bond acceptors (Lipinski definition) is 2. The minimum atomic E-state index is 0.614. The van der Waals surface area contributed by atoms with Crippen LogP contribution in [0.5, 0.6) is 0 Å². The first kappa shape index (κ1) is 7.34. The monoisotopic (exact) mass is 157 g/mol. The lowest BCUT2D eigenvalue weighted by Crippen LogP contribution is -2.21. The van der Waals surface area contributed by atoms with Crippen LogP contribution in [-0.2, 0) is 4.79 Å². The number of aromatic nitrogens is 2. The Labute approximate surface area is 63.6 Å². The summed E-state index contributed by atoms with van der Waals surface area (Å²) in [5.74, 6) is 0.839. The van der Waals surface area contributed by atoms with Crippen LogP contribution < -0.4 is 3.97 Å². The van der Waals surface area contributed by atoms with Crippen molar-refractivity contribution in [3.63, 3.8) is 0 Å². The number of H-pyrrole nitrogens is 1. The summed E-state index contributed by atoms with van der Waals surface area (Å²) < 4.78 is 1.93. The van der Waals surface area contributed by atoms with Crippen LogP contribution in [0.15, 0.2) is 18.7 Å². The molecular weight excluding hydrogens is 148 g/mol. The Morgan fingerprint density at radius 2 is 2.60 bits per heavy atom. The van der Waals surface area contributed by atoms with Crippen molar-refractivity contribution in [2.24, 2.45) is 0 Å². The van der Waals surface area contributed by atoms with Crippen LogP contribution in [0.2, 0.25) is 0 Å². The molecule has 1 aromatic rings. The Bertz CT molecular complexity index is 186. The van der Waals surface area contributed by atoms with Gasteiger partial charge in [-0.15, -0.1) is 0 Å². The predicted octanol–water partition coefficient (Wildman–Crippen LogP) is 0.388. The molecule has 10 heavy (non-hydrogen) atoms. The Morgan fingerprint density at radius 1 is 1.70 bits per heavy atom. The Hall–Kier alpha value is -0.770. The molecular formula is C6H9N2OS+. The average molecular weight is 157 g/mol. The van der Waals surface area contributed by atoms with Crippen LogP contribution in [0, 0.1) is 0 Å². The van der Waals surface area contributed by atoms with E-state index in [1.807, 2.05) is 22.7 Å². The largest absolute Gasteiger partial charge is 0.303 e. The standard InChI is InChI=1S/C6H8N2OS/c9-4-1-5-10-8-3-2-7-6-8/h2-4,6H,1,5H2/p+1.